The second-order valence-electron chi connectivity index (χ2n) is 5.23. The Morgan fingerprint density at radius 2 is 2.29 bits per heavy atom. The summed E-state index contributed by atoms with van der Waals surface area (Å²) in [5, 5.41) is 9.35. The van der Waals surface area contributed by atoms with Gasteiger partial charge in [0.15, 0.2) is 0 Å². The molecule has 0 spiro atoms. The third-order valence-electron chi connectivity index (χ3n) is 3.99. The molecule has 0 aromatic heterocycles. The van der Waals surface area contributed by atoms with Gasteiger partial charge in [-0.05, 0) is 25.2 Å². The van der Waals surface area contributed by atoms with Gasteiger partial charge in [-0.1, -0.05) is 6.92 Å². The monoisotopic (exact) mass is 242 g/mol. The van der Waals surface area contributed by atoms with Crippen LogP contribution in [0.1, 0.15) is 26.2 Å². The predicted molar refractivity (Wildman–Crippen MR) is 63.7 cm³/mol. The Labute approximate surface area is 102 Å². The summed E-state index contributed by atoms with van der Waals surface area (Å²) in [4.78, 5) is 13.6. The number of aliphatic carboxylic acids is 1. The number of rotatable bonds is 5. The highest BCUT2D eigenvalue weighted by Gasteiger charge is 2.49. The maximum absolute atomic E-state index is 11.4. The van der Waals surface area contributed by atoms with Crippen LogP contribution in [0.15, 0.2) is 0 Å². The minimum atomic E-state index is -1.06. The first-order valence-electron chi connectivity index (χ1n) is 6.42. The Balaban J connectivity index is 2.03. The van der Waals surface area contributed by atoms with E-state index in [1.165, 1.54) is 0 Å². The minimum Gasteiger partial charge on any atom is -0.480 e. The number of hydrogen-bond donors (Lipinski definition) is 2. The van der Waals surface area contributed by atoms with E-state index >= 15 is 0 Å². The van der Waals surface area contributed by atoms with Gasteiger partial charge in [0.25, 0.3) is 0 Å². The summed E-state index contributed by atoms with van der Waals surface area (Å²) in [6.45, 7) is 4.71. The van der Waals surface area contributed by atoms with E-state index in [2.05, 4.69) is 11.8 Å². The van der Waals surface area contributed by atoms with Gasteiger partial charge >= 0.3 is 5.97 Å². The van der Waals surface area contributed by atoms with Gasteiger partial charge in [-0.3, -0.25) is 9.69 Å². The molecule has 3 N–H and O–H groups in total. The zero-order valence-corrected chi connectivity index (χ0v) is 10.4. The molecular weight excluding hydrogens is 220 g/mol. The van der Waals surface area contributed by atoms with E-state index < -0.39 is 11.5 Å². The third kappa shape index (κ3) is 2.61. The topological polar surface area (TPSA) is 75.8 Å². The molecule has 5 heteroatoms. The van der Waals surface area contributed by atoms with Crippen molar-refractivity contribution in [3.63, 3.8) is 0 Å². The molecule has 2 aliphatic rings. The fourth-order valence-corrected chi connectivity index (χ4v) is 2.58. The first-order chi connectivity index (χ1) is 8.08. The summed E-state index contributed by atoms with van der Waals surface area (Å²) in [5.74, 6) is -0.707. The standard InChI is InChI=1S/C12H22N2O3/c1-2-10-7-17-6-5-14(10)8-12(13,11(15)16)9-3-4-9/h9-10H,2-8,13H2,1H3,(H,15,16). The molecule has 17 heavy (non-hydrogen) atoms. The van der Waals surface area contributed by atoms with Crippen LogP contribution in [0, 0.1) is 5.92 Å². The lowest BCUT2D eigenvalue weighted by Crippen LogP contribution is -2.61. The first-order valence-corrected chi connectivity index (χ1v) is 6.42. The van der Waals surface area contributed by atoms with Crippen LogP contribution in [0.5, 0.6) is 0 Å². The normalized spacial score (nSPS) is 29.9. The molecule has 98 valence electrons. The van der Waals surface area contributed by atoms with Crippen molar-refractivity contribution in [2.75, 3.05) is 26.3 Å². The van der Waals surface area contributed by atoms with Crippen molar-refractivity contribution in [2.24, 2.45) is 11.7 Å². The fourth-order valence-electron chi connectivity index (χ4n) is 2.58. The summed E-state index contributed by atoms with van der Waals surface area (Å²) >= 11 is 0. The molecule has 0 radical (unpaired) electrons. The molecule has 2 fully saturated rings. The quantitative estimate of drug-likeness (QED) is 0.724. The summed E-state index contributed by atoms with van der Waals surface area (Å²) in [6.07, 6.45) is 2.87. The second-order valence-corrected chi connectivity index (χ2v) is 5.23. The maximum Gasteiger partial charge on any atom is 0.325 e. The molecule has 2 atom stereocenters. The molecule has 1 aliphatic heterocycles. The van der Waals surface area contributed by atoms with E-state index in [1.54, 1.807) is 0 Å². The lowest BCUT2D eigenvalue weighted by atomic mass is 9.93. The van der Waals surface area contributed by atoms with E-state index in [9.17, 15) is 9.90 Å². The van der Waals surface area contributed by atoms with Crippen molar-refractivity contribution >= 4 is 5.97 Å². The Hall–Kier alpha value is -0.650. The Kier molecular flexibility index (Phi) is 3.70. The number of morpholine rings is 1. The van der Waals surface area contributed by atoms with Crippen LogP contribution in [-0.2, 0) is 9.53 Å². The van der Waals surface area contributed by atoms with Gasteiger partial charge in [0.05, 0.1) is 13.2 Å². The van der Waals surface area contributed by atoms with Crippen molar-refractivity contribution in [3.05, 3.63) is 0 Å². The van der Waals surface area contributed by atoms with Gasteiger partial charge in [0.1, 0.15) is 5.54 Å². The summed E-state index contributed by atoms with van der Waals surface area (Å²) < 4.78 is 5.42. The number of hydrogen-bond acceptors (Lipinski definition) is 4. The number of carbonyl (C=O) groups is 1. The van der Waals surface area contributed by atoms with Gasteiger partial charge in [-0.2, -0.15) is 0 Å². The van der Waals surface area contributed by atoms with E-state index in [0.29, 0.717) is 25.8 Å². The number of nitrogens with zero attached hydrogens (tertiary/aromatic N) is 1. The van der Waals surface area contributed by atoms with Crippen molar-refractivity contribution < 1.29 is 14.6 Å². The van der Waals surface area contributed by atoms with Crippen molar-refractivity contribution in [2.45, 2.75) is 37.8 Å². The molecule has 0 amide bonds. The largest absolute Gasteiger partial charge is 0.480 e. The van der Waals surface area contributed by atoms with Crippen molar-refractivity contribution in [1.82, 2.24) is 4.90 Å². The Morgan fingerprint density at radius 3 is 2.82 bits per heavy atom. The zero-order valence-electron chi connectivity index (χ0n) is 10.4. The van der Waals surface area contributed by atoms with Gasteiger partial charge in [-0.25, -0.2) is 0 Å². The average Bonchev–Trinajstić information content (AvgIpc) is 3.13. The summed E-state index contributed by atoms with van der Waals surface area (Å²) in [7, 11) is 0. The van der Waals surface area contributed by atoms with E-state index in [4.69, 9.17) is 10.5 Å². The molecular formula is C12H22N2O3. The van der Waals surface area contributed by atoms with E-state index in [-0.39, 0.29) is 5.92 Å². The van der Waals surface area contributed by atoms with Crippen LogP contribution in [0.25, 0.3) is 0 Å². The van der Waals surface area contributed by atoms with Gasteiger partial charge < -0.3 is 15.6 Å². The smallest absolute Gasteiger partial charge is 0.325 e. The van der Waals surface area contributed by atoms with Gasteiger partial charge in [0, 0.05) is 19.1 Å². The fraction of sp³-hybridized carbons (Fsp3) is 0.917. The maximum atomic E-state index is 11.4. The number of ether oxygens (including phenoxy) is 1. The molecule has 2 unspecified atom stereocenters. The summed E-state index contributed by atoms with van der Waals surface area (Å²) in [6, 6.07) is 0.310. The highest BCUT2D eigenvalue weighted by molar-refractivity contribution is 5.79. The molecule has 1 heterocycles. The third-order valence-corrected chi connectivity index (χ3v) is 3.99. The molecule has 5 nitrogen and oxygen atoms in total. The van der Waals surface area contributed by atoms with Crippen LogP contribution >= 0.6 is 0 Å². The lowest BCUT2D eigenvalue weighted by molar-refractivity contribution is -0.146. The first kappa shape index (κ1) is 12.8. The van der Waals surface area contributed by atoms with Crippen LogP contribution in [0.2, 0.25) is 0 Å². The highest BCUT2D eigenvalue weighted by atomic mass is 16.5. The molecule has 1 aliphatic carbocycles. The predicted octanol–water partition coefficient (Wildman–Crippen LogP) is 0.289. The zero-order chi connectivity index (χ0) is 12.5. The second kappa shape index (κ2) is 4.92. The van der Waals surface area contributed by atoms with Crippen molar-refractivity contribution in [3.8, 4) is 0 Å². The molecule has 0 aromatic carbocycles. The van der Waals surface area contributed by atoms with E-state index in [0.717, 1.165) is 25.8 Å². The van der Waals surface area contributed by atoms with E-state index in [1.807, 2.05) is 0 Å². The summed E-state index contributed by atoms with van der Waals surface area (Å²) in [5.41, 5.74) is 5.05. The van der Waals surface area contributed by atoms with Crippen molar-refractivity contribution in [1.29, 1.82) is 0 Å². The van der Waals surface area contributed by atoms with Crippen LogP contribution in [-0.4, -0.2) is 53.9 Å². The molecule has 0 bridgehead atoms. The molecule has 1 saturated heterocycles. The Morgan fingerprint density at radius 1 is 1.59 bits per heavy atom. The Bertz CT molecular complexity index is 293. The molecule has 1 saturated carbocycles. The number of carboxylic acids is 1. The number of nitrogens with two attached hydrogens (primary N) is 1. The van der Waals surface area contributed by atoms with Gasteiger partial charge in [-0.15, -0.1) is 0 Å². The van der Waals surface area contributed by atoms with Crippen LogP contribution < -0.4 is 5.73 Å². The van der Waals surface area contributed by atoms with Gasteiger partial charge in [0.2, 0.25) is 0 Å². The van der Waals surface area contributed by atoms with Crippen LogP contribution in [0.4, 0.5) is 0 Å². The molecule has 0 aromatic rings. The average molecular weight is 242 g/mol. The molecule has 2 rings (SSSR count). The highest BCUT2D eigenvalue weighted by Crippen LogP contribution is 2.39. The van der Waals surface area contributed by atoms with Crippen LogP contribution in [0.3, 0.4) is 0 Å². The minimum absolute atomic E-state index is 0.153. The lowest BCUT2D eigenvalue weighted by Gasteiger charge is -2.39. The SMILES string of the molecule is CCC1COCCN1CC(N)(C(=O)O)C1CC1. The number of carboxylic acid groups (broad SMARTS) is 1.